The minimum atomic E-state index is -0.773. The van der Waals surface area contributed by atoms with Crippen molar-refractivity contribution in [1.29, 1.82) is 0 Å². The van der Waals surface area contributed by atoms with Crippen LogP contribution < -0.4 is 0 Å². The number of hydrogen-bond donors (Lipinski definition) is 0. The van der Waals surface area contributed by atoms with Crippen molar-refractivity contribution in [1.82, 2.24) is 0 Å². The maximum Gasteiger partial charge on any atom is 0.306 e. The van der Waals surface area contributed by atoms with Crippen molar-refractivity contribution < 1.29 is 28.6 Å². The van der Waals surface area contributed by atoms with Gasteiger partial charge in [-0.2, -0.15) is 0 Å². The lowest BCUT2D eigenvalue weighted by atomic mass is 10.0. The zero-order valence-electron chi connectivity index (χ0n) is 48.7. The average molecular weight is 1010 g/mol. The summed E-state index contributed by atoms with van der Waals surface area (Å²) < 4.78 is 16.8. The summed E-state index contributed by atoms with van der Waals surface area (Å²) in [7, 11) is 0. The molecule has 0 radical (unpaired) electrons. The first-order chi connectivity index (χ1) is 35.5. The van der Waals surface area contributed by atoms with Gasteiger partial charge in [0.15, 0.2) is 6.10 Å². The number of rotatable bonds is 60. The third-order valence-corrected chi connectivity index (χ3v) is 14.7. The van der Waals surface area contributed by atoms with Crippen LogP contribution in [-0.2, 0) is 28.6 Å². The highest BCUT2D eigenvalue weighted by atomic mass is 16.6. The lowest BCUT2D eigenvalue weighted by Crippen LogP contribution is -2.30. The molecule has 0 aromatic rings. The van der Waals surface area contributed by atoms with Crippen LogP contribution in [0, 0.1) is 0 Å². The summed E-state index contributed by atoms with van der Waals surface area (Å²) in [4.78, 5) is 38.0. The first-order valence-corrected chi connectivity index (χ1v) is 32.3. The van der Waals surface area contributed by atoms with E-state index in [1.807, 2.05) is 0 Å². The molecule has 0 aromatic carbocycles. The van der Waals surface area contributed by atoms with E-state index in [1.54, 1.807) is 0 Å². The summed E-state index contributed by atoms with van der Waals surface area (Å²) in [6, 6.07) is 0. The molecule has 0 aliphatic heterocycles. The topological polar surface area (TPSA) is 78.9 Å². The fraction of sp³-hybridized carbons (Fsp3) is 0.894. The van der Waals surface area contributed by atoms with Gasteiger partial charge in [-0.25, -0.2) is 0 Å². The van der Waals surface area contributed by atoms with E-state index in [4.69, 9.17) is 14.2 Å². The molecule has 0 saturated carbocycles. The van der Waals surface area contributed by atoms with E-state index in [9.17, 15) is 14.4 Å². The normalized spacial score (nSPS) is 12.1. The third kappa shape index (κ3) is 58.8. The quantitative estimate of drug-likeness (QED) is 0.0261. The first-order valence-electron chi connectivity index (χ1n) is 32.3. The lowest BCUT2D eigenvalue weighted by molar-refractivity contribution is -0.167. The minimum absolute atomic E-state index is 0.0720. The van der Waals surface area contributed by atoms with Crippen LogP contribution in [0.1, 0.15) is 361 Å². The van der Waals surface area contributed by atoms with Crippen LogP contribution in [-0.4, -0.2) is 37.2 Å². The molecule has 6 nitrogen and oxygen atoms in total. The molecule has 1 atom stereocenters. The van der Waals surface area contributed by atoms with E-state index in [1.165, 1.54) is 231 Å². The van der Waals surface area contributed by atoms with Crippen molar-refractivity contribution >= 4 is 17.9 Å². The van der Waals surface area contributed by atoms with Crippen molar-refractivity contribution in [3.63, 3.8) is 0 Å². The summed E-state index contributed by atoms with van der Waals surface area (Å²) >= 11 is 0. The number of carbonyl (C=O) groups is 3. The summed E-state index contributed by atoms with van der Waals surface area (Å²) in [5, 5.41) is 0. The first kappa shape index (κ1) is 69.9. The second-order valence-corrected chi connectivity index (χ2v) is 22.0. The van der Waals surface area contributed by atoms with Crippen LogP contribution in [0.3, 0.4) is 0 Å². The van der Waals surface area contributed by atoms with Gasteiger partial charge >= 0.3 is 17.9 Å². The van der Waals surface area contributed by atoms with E-state index < -0.39 is 6.10 Å². The molecule has 6 heteroatoms. The van der Waals surface area contributed by atoms with E-state index in [0.29, 0.717) is 19.3 Å². The van der Waals surface area contributed by atoms with Gasteiger partial charge in [0.05, 0.1) is 0 Å². The van der Waals surface area contributed by atoms with Crippen LogP contribution in [0.25, 0.3) is 0 Å². The smallest absolute Gasteiger partial charge is 0.306 e. The molecule has 0 bridgehead atoms. The van der Waals surface area contributed by atoms with E-state index in [2.05, 4.69) is 45.1 Å². The predicted octanol–water partition coefficient (Wildman–Crippen LogP) is 21.8. The third-order valence-electron chi connectivity index (χ3n) is 14.7. The molecule has 0 amide bonds. The Hall–Kier alpha value is -2.11. The summed E-state index contributed by atoms with van der Waals surface area (Å²) in [5.74, 6) is -0.869. The molecule has 0 aromatic heterocycles. The zero-order valence-corrected chi connectivity index (χ0v) is 48.7. The standard InChI is InChI=1S/C66H124O6/c1-4-7-10-13-16-19-21-23-24-25-26-27-28-29-30-31-32-33-34-35-36-37-38-39-40-41-43-44-47-50-53-56-59-65(68)71-62-63(61-70-64(67)58-55-52-49-46-18-15-12-9-6-3)72-66(69)60-57-54-51-48-45-42-22-20-17-14-11-8-5-2/h11,14,20,22,63H,4-10,12-13,15-19,21,23-62H2,1-3H3/b14-11-,22-20-. The van der Waals surface area contributed by atoms with Crippen molar-refractivity contribution in [3.05, 3.63) is 24.3 Å². The van der Waals surface area contributed by atoms with Crippen molar-refractivity contribution in [2.45, 2.75) is 367 Å². The maximum atomic E-state index is 12.8. The number of ether oxygens (including phenoxy) is 3. The largest absolute Gasteiger partial charge is 0.462 e. The predicted molar refractivity (Wildman–Crippen MR) is 312 cm³/mol. The Labute approximate surface area is 449 Å². The molecule has 72 heavy (non-hydrogen) atoms. The molecule has 0 fully saturated rings. The van der Waals surface area contributed by atoms with Crippen LogP contribution in [0.15, 0.2) is 24.3 Å². The van der Waals surface area contributed by atoms with Gasteiger partial charge in [-0.1, -0.05) is 321 Å². The lowest BCUT2D eigenvalue weighted by Gasteiger charge is -2.18. The number of unbranched alkanes of at least 4 members (excludes halogenated alkanes) is 45. The van der Waals surface area contributed by atoms with Gasteiger partial charge in [0.25, 0.3) is 0 Å². The Kier molecular flexibility index (Phi) is 59.6. The Morgan fingerprint density at radius 1 is 0.278 bits per heavy atom. The van der Waals surface area contributed by atoms with Crippen molar-refractivity contribution in [3.8, 4) is 0 Å². The highest BCUT2D eigenvalue weighted by Crippen LogP contribution is 2.18. The van der Waals surface area contributed by atoms with Gasteiger partial charge in [-0.3, -0.25) is 14.4 Å². The minimum Gasteiger partial charge on any atom is -0.462 e. The Morgan fingerprint density at radius 2 is 0.528 bits per heavy atom. The molecule has 0 aliphatic carbocycles. The summed E-state index contributed by atoms with van der Waals surface area (Å²) in [6.45, 7) is 6.60. The van der Waals surface area contributed by atoms with E-state index >= 15 is 0 Å². The Balaban J connectivity index is 3.97. The summed E-state index contributed by atoms with van der Waals surface area (Å²) in [6.07, 6.45) is 73.7. The SMILES string of the molecule is CCC/C=C\C/C=C\CCCCCCCC(=O)OC(COC(=O)CCCCCCCCCCC)COC(=O)CCCCCCCCCCCCCCCCCCCCCCCCCCCCCCCCCC. The second-order valence-electron chi connectivity index (χ2n) is 22.0. The van der Waals surface area contributed by atoms with Crippen LogP contribution in [0.4, 0.5) is 0 Å². The number of hydrogen-bond acceptors (Lipinski definition) is 6. The molecule has 0 spiro atoms. The molecule has 424 valence electrons. The van der Waals surface area contributed by atoms with Crippen LogP contribution in [0.2, 0.25) is 0 Å². The van der Waals surface area contributed by atoms with E-state index in [0.717, 1.165) is 89.9 Å². The summed E-state index contributed by atoms with van der Waals surface area (Å²) in [5.41, 5.74) is 0. The molecular weight excluding hydrogens is 889 g/mol. The maximum absolute atomic E-state index is 12.8. The molecule has 1 unspecified atom stereocenters. The van der Waals surface area contributed by atoms with Crippen molar-refractivity contribution in [2.24, 2.45) is 0 Å². The highest BCUT2D eigenvalue weighted by Gasteiger charge is 2.19. The van der Waals surface area contributed by atoms with Gasteiger partial charge < -0.3 is 14.2 Å². The molecule has 0 aliphatic rings. The molecular formula is C66H124O6. The number of allylic oxidation sites excluding steroid dienone is 4. The molecule has 0 N–H and O–H groups in total. The highest BCUT2D eigenvalue weighted by molar-refractivity contribution is 5.71. The van der Waals surface area contributed by atoms with Gasteiger partial charge in [0.1, 0.15) is 13.2 Å². The number of esters is 3. The Bertz CT molecular complexity index is 1160. The van der Waals surface area contributed by atoms with Crippen LogP contribution in [0.5, 0.6) is 0 Å². The van der Waals surface area contributed by atoms with Gasteiger partial charge in [0.2, 0.25) is 0 Å². The fourth-order valence-electron chi connectivity index (χ4n) is 9.84. The zero-order chi connectivity index (χ0) is 52.2. The fourth-order valence-corrected chi connectivity index (χ4v) is 9.84. The molecule has 0 rings (SSSR count). The van der Waals surface area contributed by atoms with Gasteiger partial charge in [0, 0.05) is 19.3 Å². The van der Waals surface area contributed by atoms with Crippen molar-refractivity contribution in [2.75, 3.05) is 13.2 Å². The second kappa shape index (κ2) is 61.4. The monoisotopic (exact) mass is 1010 g/mol. The van der Waals surface area contributed by atoms with E-state index in [-0.39, 0.29) is 31.1 Å². The number of carbonyl (C=O) groups excluding carboxylic acids is 3. The molecule has 0 saturated heterocycles. The molecule has 0 heterocycles. The average Bonchev–Trinajstić information content (AvgIpc) is 3.38. The van der Waals surface area contributed by atoms with Gasteiger partial charge in [-0.05, 0) is 44.9 Å². The van der Waals surface area contributed by atoms with Crippen LogP contribution >= 0.6 is 0 Å². The Morgan fingerprint density at radius 3 is 0.819 bits per heavy atom. The van der Waals surface area contributed by atoms with Gasteiger partial charge in [-0.15, -0.1) is 0 Å².